The molecular formula is C25H24N4O2S. The Labute approximate surface area is 191 Å². The summed E-state index contributed by atoms with van der Waals surface area (Å²) >= 11 is 1.35. The minimum atomic E-state index is -0.0561. The number of rotatable bonds is 9. The molecule has 162 valence electrons. The van der Waals surface area contributed by atoms with Crippen LogP contribution in [0.1, 0.15) is 17.0 Å². The van der Waals surface area contributed by atoms with Gasteiger partial charge in [0, 0.05) is 12.2 Å². The topological polar surface area (TPSA) is 69.0 Å². The van der Waals surface area contributed by atoms with Crippen LogP contribution < -0.4 is 10.1 Å². The van der Waals surface area contributed by atoms with Crippen molar-refractivity contribution in [2.45, 2.75) is 25.2 Å². The van der Waals surface area contributed by atoms with Gasteiger partial charge in [-0.2, -0.15) is 0 Å². The first kappa shape index (κ1) is 21.6. The second-order valence-corrected chi connectivity index (χ2v) is 8.16. The van der Waals surface area contributed by atoms with Crippen molar-refractivity contribution in [1.82, 2.24) is 20.1 Å². The Morgan fingerprint density at radius 1 is 0.938 bits per heavy atom. The maximum atomic E-state index is 12.4. The van der Waals surface area contributed by atoms with Crippen molar-refractivity contribution in [2.24, 2.45) is 0 Å². The van der Waals surface area contributed by atoms with Gasteiger partial charge in [0.15, 0.2) is 11.0 Å². The summed E-state index contributed by atoms with van der Waals surface area (Å²) in [6.07, 6.45) is 0. The molecule has 0 fully saturated rings. The number of carbonyl (C=O) groups is 1. The molecule has 0 atom stereocenters. The Kier molecular flexibility index (Phi) is 7.19. The van der Waals surface area contributed by atoms with Crippen molar-refractivity contribution in [2.75, 3.05) is 5.75 Å². The van der Waals surface area contributed by atoms with Crippen molar-refractivity contribution >= 4 is 17.7 Å². The lowest BCUT2D eigenvalue weighted by Crippen LogP contribution is -2.24. The first-order valence-corrected chi connectivity index (χ1v) is 11.3. The Morgan fingerprint density at radius 2 is 1.62 bits per heavy atom. The van der Waals surface area contributed by atoms with Crippen LogP contribution in [0.3, 0.4) is 0 Å². The van der Waals surface area contributed by atoms with E-state index < -0.39 is 0 Å². The van der Waals surface area contributed by atoms with Gasteiger partial charge in [0.25, 0.3) is 0 Å². The largest absolute Gasteiger partial charge is 0.486 e. The smallest absolute Gasteiger partial charge is 0.230 e. The van der Waals surface area contributed by atoms with Crippen molar-refractivity contribution in [3.63, 3.8) is 0 Å². The number of carbonyl (C=O) groups excluding carboxylic acids is 1. The molecule has 1 amide bonds. The molecule has 4 aromatic rings. The first-order valence-electron chi connectivity index (χ1n) is 10.3. The standard InChI is InChI=1S/C25H24N4O2S/c1-19-12-14-21(15-13-19)29-23(17-31-22-10-6-3-7-11-22)27-28-25(29)32-18-24(30)26-16-20-8-4-2-5-9-20/h2-15H,16-18H2,1H3,(H,26,30). The lowest BCUT2D eigenvalue weighted by molar-refractivity contribution is -0.118. The van der Waals surface area contributed by atoms with Gasteiger partial charge < -0.3 is 10.1 Å². The molecule has 3 aromatic carbocycles. The number of benzene rings is 3. The number of amides is 1. The summed E-state index contributed by atoms with van der Waals surface area (Å²) in [6.45, 7) is 2.81. The number of nitrogens with zero attached hydrogens (tertiary/aromatic N) is 3. The number of aryl methyl sites for hydroxylation is 1. The fourth-order valence-corrected chi connectivity index (χ4v) is 3.88. The molecule has 4 rings (SSSR count). The van der Waals surface area contributed by atoms with Gasteiger partial charge in [-0.1, -0.05) is 78.0 Å². The number of nitrogens with one attached hydrogen (secondary N) is 1. The van der Waals surface area contributed by atoms with E-state index in [2.05, 4.69) is 15.5 Å². The predicted octanol–water partition coefficient (Wildman–Crippen LogP) is 4.56. The van der Waals surface area contributed by atoms with E-state index in [1.54, 1.807) is 0 Å². The highest BCUT2D eigenvalue weighted by Gasteiger charge is 2.16. The van der Waals surface area contributed by atoms with E-state index in [1.807, 2.05) is 96.4 Å². The number of para-hydroxylation sites is 1. The van der Waals surface area contributed by atoms with Crippen LogP contribution in [0, 0.1) is 6.92 Å². The summed E-state index contributed by atoms with van der Waals surface area (Å²) in [6, 6.07) is 27.6. The minimum absolute atomic E-state index is 0.0561. The average Bonchev–Trinajstić information content (AvgIpc) is 3.24. The lowest BCUT2D eigenvalue weighted by Gasteiger charge is -2.11. The Balaban J connectivity index is 1.46. The Morgan fingerprint density at radius 3 is 2.34 bits per heavy atom. The summed E-state index contributed by atoms with van der Waals surface area (Å²) in [7, 11) is 0. The molecule has 1 N–H and O–H groups in total. The van der Waals surface area contributed by atoms with Gasteiger partial charge in [0.2, 0.25) is 5.91 Å². The van der Waals surface area contributed by atoms with Gasteiger partial charge in [-0.25, -0.2) is 0 Å². The number of hydrogen-bond donors (Lipinski definition) is 1. The van der Waals surface area contributed by atoms with E-state index in [0.29, 0.717) is 17.5 Å². The highest BCUT2D eigenvalue weighted by molar-refractivity contribution is 7.99. The van der Waals surface area contributed by atoms with Crippen molar-refractivity contribution < 1.29 is 9.53 Å². The summed E-state index contributed by atoms with van der Waals surface area (Å²) in [5.41, 5.74) is 3.16. The van der Waals surface area contributed by atoms with Gasteiger partial charge in [-0.05, 0) is 36.8 Å². The fourth-order valence-electron chi connectivity index (χ4n) is 3.08. The molecule has 0 aliphatic carbocycles. The SMILES string of the molecule is Cc1ccc(-n2c(COc3ccccc3)nnc2SCC(=O)NCc2ccccc2)cc1. The summed E-state index contributed by atoms with van der Waals surface area (Å²) in [5, 5.41) is 12.3. The van der Waals surface area contributed by atoms with E-state index in [1.165, 1.54) is 17.3 Å². The van der Waals surface area contributed by atoms with Gasteiger partial charge in [-0.3, -0.25) is 9.36 Å². The molecule has 0 aliphatic heterocycles. The van der Waals surface area contributed by atoms with Gasteiger partial charge in [-0.15, -0.1) is 10.2 Å². The molecule has 0 spiro atoms. The van der Waals surface area contributed by atoms with Crippen LogP contribution in [0.4, 0.5) is 0 Å². The third-order valence-electron chi connectivity index (χ3n) is 4.77. The summed E-state index contributed by atoms with van der Waals surface area (Å²) < 4.78 is 7.83. The molecule has 1 aromatic heterocycles. The van der Waals surface area contributed by atoms with E-state index in [4.69, 9.17) is 4.74 Å². The second-order valence-electron chi connectivity index (χ2n) is 7.22. The Bertz CT molecular complexity index is 1150. The Hall–Kier alpha value is -3.58. The zero-order valence-electron chi connectivity index (χ0n) is 17.8. The van der Waals surface area contributed by atoms with E-state index in [0.717, 1.165) is 17.0 Å². The minimum Gasteiger partial charge on any atom is -0.486 e. The van der Waals surface area contributed by atoms with Crippen LogP contribution in [0.2, 0.25) is 0 Å². The number of aromatic nitrogens is 3. The molecule has 0 bridgehead atoms. The van der Waals surface area contributed by atoms with Crippen LogP contribution in [-0.2, 0) is 17.9 Å². The number of thioether (sulfide) groups is 1. The van der Waals surface area contributed by atoms with Crippen LogP contribution in [-0.4, -0.2) is 26.4 Å². The number of ether oxygens (including phenoxy) is 1. The molecule has 0 radical (unpaired) electrons. The van der Waals surface area contributed by atoms with Crippen molar-refractivity contribution in [3.05, 3.63) is 102 Å². The first-order chi connectivity index (χ1) is 15.7. The molecule has 0 unspecified atom stereocenters. The molecule has 32 heavy (non-hydrogen) atoms. The highest BCUT2D eigenvalue weighted by atomic mass is 32.2. The quantitative estimate of drug-likeness (QED) is 0.383. The maximum absolute atomic E-state index is 12.4. The average molecular weight is 445 g/mol. The molecular weight excluding hydrogens is 420 g/mol. The van der Waals surface area contributed by atoms with Crippen LogP contribution in [0.25, 0.3) is 5.69 Å². The number of hydrogen-bond acceptors (Lipinski definition) is 5. The normalized spacial score (nSPS) is 10.7. The van der Waals surface area contributed by atoms with Gasteiger partial charge in [0.05, 0.1) is 5.75 Å². The molecule has 0 saturated carbocycles. The third-order valence-corrected chi connectivity index (χ3v) is 5.70. The van der Waals surface area contributed by atoms with E-state index in [-0.39, 0.29) is 18.3 Å². The zero-order chi connectivity index (χ0) is 22.2. The van der Waals surface area contributed by atoms with E-state index in [9.17, 15) is 4.79 Å². The summed E-state index contributed by atoms with van der Waals surface area (Å²) in [4.78, 5) is 12.4. The molecule has 0 saturated heterocycles. The predicted molar refractivity (Wildman–Crippen MR) is 126 cm³/mol. The van der Waals surface area contributed by atoms with Gasteiger partial charge >= 0.3 is 0 Å². The molecule has 1 heterocycles. The van der Waals surface area contributed by atoms with Gasteiger partial charge in [0.1, 0.15) is 12.4 Å². The fraction of sp³-hybridized carbons (Fsp3) is 0.160. The maximum Gasteiger partial charge on any atom is 0.230 e. The van der Waals surface area contributed by atoms with Crippen LogP contribution in [0.15, 0.2) is 90.1 Å². The zero-order valence-corrected chi connectivity index (χ0v) is 18.6. The molecule has 7 heteroatoms. The third kappa shape index (κ3) is 5.76. The van der Waals surface area contributed by atoms with Crippen molar-refractivity contribution in [3.8, 4) is 11.4 Å². The van der Waals surface area contributed by atoms with E-state index >= 15 is 0 Å². The molecule has 0 aliphatic rings. The monoisotopic (exact) mass is 444 g/mol. The van der Waals surface area contributed by atoms with Crippen molar-refractivity contribution in [1.29, 1.82) is 0 Å². The van der Waals surface area contributed by atoms with Crippen LogP contribution in [0.5, 0.6) is 5.75 Å². The lowest BCUT2D eigenvalue weighted by atomic mass is 10.2. The second kappa shape index (κ2) is 10.6. The van der Waals surface area contributed by atoms with Crippen LogP contribution >= 0.6 is 11.8 Å². The molecule has 6 nitrogen and oxygen atoms in total. The summed E-state index contributed by atoms with van der Waals surface area (Å²) in [5.74, 6) is 1.63. The highest BCUT2D eigenvalue weighted by Crippen LogP contribution is 2.23.